The van der Waals surface area contributed by atoms with Crippen molar-refractivity contribution in [2.45, 2.75) is 56.5 Å². The summed E-state index contributed by atoms with van der Waals surface area (Å²) >= 11 is 0. The largest absolute Gasteiger partial charge is 0.488 e. The Balaban J connectivity index is 1.92. The van der Waals surface area contributed by atoms with Crippen LogP contribution in [0, 0.1) is 5.92 Å². The first-order valence-corrected chi connectivity index (χ1v) is 14.1. The van der Waals surface area contributed by atoms with E-state index in [2.05, 4.69) is 10.3 Å². The number of likely N-dealkylation sites (N-methyl/N-ethyl adjacent to an activating group) is 1. The Labute approximate surface area is 231 Å². The summed E-state index contributed by atoms with van der Waals surface area (Å²) in [6.07, 6.45) is -4.67. The Hall–Kier alpha value is -3.17. The van der Waals surface area contributed by atoms with E-state index in [1.807, 2.05) is 0 Å². The number of sulfonamides is 1. The van der Waals surface area contributed by atoms with Crippen molar-refractivity contribution in [2.75, 3.05) is 32.1 Å². The number of anilines is 1. The van der Waals surface area contributed by atoms with Crippen molar-refractivity contribution in [3.05, 3.63) is 36.3 Å². The summed E-state index contributed by atoms with van der Waals surface area (Å²) in [4.78, 5) is 30.8. The maximum absolute atomic E-state index is 13.3. The predicted molar refractivity (Wildman–Crippen MR) is 139 cm³/mol. The fraction of sp³-hybridized carbons (Fsp3) is 0.560. The van der Waals surface area contributed by atoms with Crippen LogP contribution in [0.5, 0.6) is 5.75 Å². The lowest BCUT2D eigenvalue weighted by molar-refractivity contribution is -0.142. The average molecular weight is 590 g/mol. The number of nitrogens with one attached hydrogen (secondary N) is 1. The van der Waals surface area contributed by atoms with Crippen LogP contribution in [0.25, 0.3) is 0 Å². The summed E-state index contributed by atoms with van der Waals surface area (Å²) in [7, 11) is -0.915. The average Bonchev–Trinajstić information content (AvgIpc) is 3.33. The highest BCUT2D eigenvalue weighted by Crippen LogP contribution is 2.30. The molecular formula is C25H34F3N5O6S. The smallest absolute Gasteiger partial charge is 0.389 e. The second-order valence-corrected chi connectivity index (χ2v) is 12.0. The van der Waals surface area contributed by atoms with Gasteiger partial charge in [0.05, 0.1) is 38.4 Å². The molecule has 0 saturated heterocycles. The molecule has 1 aromatic carbocycles. The number of benzene rings is 1. The highest BCUT2D eigenvalue weighted by molar-refractivity contribution is 7.89. The molecule has 1 aromatic heterocycles. The molecule has 1 aliphatic rings. The molecule has 11 nitrogen and oxygen atoms in total. The highest BCUT2D eigenvalue weighted by atomic mass is 32.2. The van der Waals surface area contributed by atoms with Crippen molar-refractivity contribution < 1.29 is 41.0 Å². The summed E-state index contributed by atoms with van der Waals surface area (Å²) < 4.78 is 72.6. The Kier molecular flexibility index (Phi) is 9.85. The number of ether oxygens (including phenoxy) is 1. The molecule has 15 heteroatoms. The monoisotopic (exact) mass is 589 g/mol. The first-order valence-electron chi connectivity index (χ1n) is 12.6. The van der Waals surface area contributed by atoms with E-state index >= 15 is 0 Å². The van der Waals surface area contributed by atoms with Crippen LogP contribution in [0.2, 0.25) is 0 Å². The Morgan fingerprint density at radius 3 is 2.65 bits per heavy atom. The highest BCUT2D eigenvalue weighted by Gasteiger charge is 2.34. The molecule has 0 unspecified atom stereocenters. The number of aliphatic hydroxyl groups is 1. The van der Waals surface area contributed by atoms with E-state index in [9.17, 15) is 36.3 Å². The first-order chi connectivity index (χ1) is 18.6. The Bertz CT molecular complexity index is 1320. The topological polar surface area (TPSA) is 134 Å². The molecule has 3 rings (SSSR count). The quantitative estimate of drug-likeness (QED) is 0.458. The van der Waals surface area contributed by atoms with Crippen LogP contribution in [0.15, 0.2) is 35.7 Å². The molecule has 3 atom stereocenters. The number of imidazole rings is 1. The first kappa shape index (κ1) is 31.4. The molecule has 2 N–H and O–H groups in total. The number of aryl methyl sites for hydroxylation is 1. The number of alkyl halides is 3. The molecule has 2 heterocycles. The van der Waals surface area contributed by atoms with Gasteiger partial charge in [0.2, 0.25) is 11.8 Å². The van der Waals surface area contributed by atoms with Crippen molar-refractivity contribution in [3.8, 4) is 5.75 Å². The standard InChI is InChI=1S/C25H34F3N5O6S/c1-16-11-33(17(2)14-34)24(36)10-18-9-19(30-22(35)7-8-25(26,27)28)5-6-20(18)39-21(16)12-32(4)40(37,38)23-13-31(3)15-29-23/h5-6,9,13,15-17,21,34H,7-8,10-12,14H2,1-4H3,(H,30,35)/t16-,17-,21+/m0/s1. The Morgan fingerprint density at radius 2 is 2.05 bits per heavy atom. The van der Waals surface area contributed by atoms with Crippen molar-refractivity contribution in [1.29, 1.82) is 0 Å². The number of amides is 2. The number of rotatable bonds is 9. The summed E-state index contributed by atoms with van der Waals surface area (Å²) in [5, 5.41) is 12.0. The zero-order valence-electron chi connectivity index (χ0n) is 22.7. The van der Waals surface area contributed by atoms with Crippen molar-refractivity contribution >= 4 is 27.5 Å². The number of carbonyl (C=O) groups is 2. The van der Waals surface area contributed by atoms with Gasteiger partial charge in [0, 0.05) is 50.4 Å². The summed E-state index contributed by atoms with van der Waals surface area (Å²) in [5.41, 5.74) is 0.533. The minimum absolute atomic E-state index is 0.0923. The molecule has 0 saturated carbocycles. The predicted octanol–water partition coefficient (Wildman–Crippen LogP) is 2.17. The molecule has 2 aromatic rings. The third kappa shape index (κ3) is 7.95. The van der Waals surface area contributed by atoms with E-state index < -0.39 is 47.1 Å². The van der Waals surface area contributed by atoms with E-state index in [-0.39, 0.29) is 54.4 Å². The molecule has 0 fully saturated rings. The lowest BCUT2D eigenvalue weighted by atomic mass is 10.0. The van der Waals surface area contributed by atoms with Gasteiger partial charge in [-0.25, -0.2) is 13.4 Å². The summed E-state index contributed by atoms with van der Waals surface area (Å²) in [6.45, 7) is 3.24. The van der Waals surface area contributed by atoms with Gasteiger partial charge in [0.15, 0.2) is 5.03 Å². The number of nitrogens with zero attached hydrogens (tertiary/aromatic N) is 4. The second-order valence-electron chi connectivity index (χ2n) is 10.0. The van der Waals surface area contributed by atoms with Gasteiger partial charge in [-0.1, -0.05) is 6.92 Å². The van der Waals surface area contributed by atoms with Gasteiger partial charge in [0.25, 0.3) is 10.0 Å². The molecular weight excluding hydrogens is 555 g/mol. The van der Waals surface area contributed by atoms with Crippen molar-refractivity contribution in [3.63, 3.8) is 0 Å². The maximum atomic E-state index is 13.3. The number of hydrogen-bond donors (Lipinski definition) is 2. The lowest BCUT2D eigenvalue weighted by Gasteiger charge is -2.33. The number of aliphatic hydroxyl groups excluding tert-OH is 1. The van der Waals surface area contributed by atoms with Gasteiger partial charge in [-0.3, -0.25) is 9.59 Å². The Morgan fingerprint density at radius 1 is 1.35 bits per heavy atom. The molecule has 0 aliphatic carbocycles. The molecule has 0 radical (unpaired) electrons. The number of halogens is 3. The van der Waals surface area contributed by atoms with Crippen molar-refractivity contribution in [2.24, 2.45) is 13.0 Å². The van der Waals surface area contributed by atoms with Crippen LogP contribution < -0.4 is 10.1 Å². The van der Waals surface area contributed by atoms with Gasteiger partial charge in [-0.2, -0.15) is 17.5 Å². The fourth-order valence-electron chi connectivity index (χ4n) is 4.24. The molecule has 222 valence electrons. The van der Waals surface area contributed by atoms with E-state index in [0.717, 1.165) is 4.31 Å². The van der Waals surface area contributed by atoms with Crippen LogP contribution in [0.1, 0.15) is 32.3 Å². The van der Waals surface area contributed by atoms with Crippen molar-refractivity contribution in [1.82, 2.24) is 18.8 Å². The normalized spacial score (nSPS) is 19.3. The van der Waals surface area contributed by atoms with Crippen LogP contribution in [-0.4, -0.2) is 89.2 Å². The zero-order valence-corrected chi connectivity index (χ0v) is 23.5. The minimum Gasteiger partial charge on any atom is -0.488 e. The zero-order chi connectivity index (χ0) is 29.8. The van der Waals surface area contributed by atoms with Gasteiger partial charge in [0.1, 0.15) is 11.9 Å². The van der Waals surface area contributed by atoms with Gasteiger partial charge in [-0.15, -0.1) is 0 Å². The van der Waals surface area contributed by atoms with Gasteiger partial charge >= 0.3 is 6.18 Å². The summed E-state index contributed by atoms with van der Waals surface area (Å²) in [6, 6.07) is 3.83. The van der Waals surface area contributed by atoms with E-state index in [1.54, 1.807) is 20.9 Å². The SMILES string of the molecule is C[C@H]1CN([C@@H](C)CO)C(=O)Cc2cc(NC(=O)CCC(F)(F)F)ccc2O[C@@H]1CN(C)S(=O)(=O)c1cn(C)cn1. The van der Waals surface area contributed by atoms with Crippen LogP contribution in [-0.2, 0) is 33.1 Å². The molecule has 0 bridgehead atoms. The molecule has 0 spiro atoms. The number of fused-ring (bicyclic) bond motifs is 1. The number of hydrogen-bond acceptors (Lipinski definition) is 7. The molecule has 1 aliphatic heterocycles. The third-order valence-electron chi connectivity index (χ3n) is 6.63. The van der Waals surface area contributed by atoms with Gasteiger partial charge < -0.3 is 24.6 Å². The molecule has 2 amide bonds. The van der Waals surface area contributed by atoms with E-state index in [0.29, 0.717) is 5.56 Å². The van der Waals surface area contributed by atoms with Gasteiger partial charge in [-0.05, 0) is 25.1 Å². The molecule has 40 heavy (non-hydrogen) atoms. The number of aromatic nitrogens is 2. The maximum Gasteiger partial charge on any atom is 0.389 e. The van der Waals surface area contributed by atoms with E-state index in [4.69, 9.17) is 4.74 Å². The summed E-state index contributed by atoms with van der Waals surface area (Å²) in [5.74, 6) is -1.29. The fourth-order valence-corrected chi connectivity index (χ4v) is 5.38. The second kappa shape index (κ2) is 12.6. The number of carbonyl (C=O) groups excluding carboxylic acids is 2. The lowest BCUT2D eigenvalue weighted by Crippen LogP contribution is -2.48. The van der Waals surface area contributed by atoms with E-state index in [1.165, 1.54) is 47.2 Å². The minimum atomic E-state index is -4.47. The third-order valence-corrected chi connectivity index (χ3v) is 8.34. The van der Waals surface area contributed by atoms with Crippen LogP contribution in [0.4, 0.5) is 18.9 Å². The van der Waals surface area contributed by atoms with Crippen LogP contribution in [0.3, 0.4) is 0 Å². The van der Waals surface area contributed by atoms with Crippen LogP contribution >= 0.6 is 0 Å².